The Morgan fingerprint density at radius 3 is 2.21 bits per heavy atom. The summed E-state index contributed by atoms with van der Waals surface area (Å²) in [5, 5.41) is 0.221. The minimum absolute atomic E-state index is 0.0553. The van der Waals surface area contributed by atoms with Crippen LogP contribution >= 0.6 is 23.2 Å². The van der Waals surface area contributed by atoms with Crippen LogP contribution in [0, 0.1) is 0 Å². The van der Waals surface area contributed by atoms with E-state index in [1.165, 1.54) is 16.4 Å². The van der Waals surface area contributed by atoms with Crippen LogP contribution in [0.25, 0.3) is 0 Å². The predicted molar refractivity (Wildman–Crippen MR) is 93.0 cm³/mol. The van der Waals surface area contributed by atoms with Crippen LogP contribution in [-0.4, -0.2) is 64.9 Å². The molecule has 0 amide bonds. The van der Waals surface area contributed by atoms with E-state index in [4.69, 9.17) is 23.2 Å². The highest BCUT2D eigenvalue weighted by molar-refractivity contribution is 7.91. The van der Waals surface area contributed by atoms with Crippen molar-refractivity contribution in [1.82, 2.24) is 4.31 Å². The second kappa shape index (κ2) is 6.74. The number of quaternary nitrogens is 1. The van der Waals surface area contributed by atoms with Gasteiger partial charge in [-0.25, -0.2) is 16.8 Å². The number of halogens is 2. The molecule has 24 heavy (non-hydrogen) atoms. The van der Waals surface area contributed by atoms with Crippen LogP contribution in [0.1, 0.15) is 6.42 Å². The van der Waals surface area contributed by atoms with Crippen molar-refractivity contribution in [2.24, 2.45) is 0 Å². The molecule has 0 bridgehead atoms. The first-order chi connectivity index (χ1) is 11.2. The van der Waals surface area contributed by atoms with E-state index < -0.39 is 19.9 Å². The number of rotatable bonds is 3. The lowest BCUT2D eigenvalue weighted by Crippen LogP contribution is -3.18. The normalized spacial score (nSPS) is 25.8. The van der Waals surface area contributed by atoms with Gasteiger partial charge in [0.1, 0.15) is 16.7 Å². The van der Waals surface area contributed by atoms with Crippen LogP contribution in [-0.2, 0) is 19.9 Å². The smallest absolute Gasteiger partial charge is 0.246 e. The van der Waals surface area contributed by atoms with Crippen molar-refractivity contribution in [3.8, 4) is 0 Å². The van der Waals surface area contributed by atoms with Gasteiger partial charge in [0.2, 0.25) is 10.0 Å². The molecule has 134 valence electrons. The molecule has 0 radical (unpaired) electrons. The molecule has 6 nitrogen and oxygen atoms in total. The molecule has 2 heterocycles. The van der Waals surface area contributed by atoms with E-state index in [0.29, 0.717) is 32.6 Å². The van der Waals surface area contributed by atoms with Crippen molar-refractivity contribution in [2.45, 2.75) is 17.4 Å². The van der Waals surface area contributed by atoms with Gasteiger partial charge in [-0.15, -0.1) is 0 Å². The third-order valence-electron chi connectivity index (χ3n) is 4.69. The molecule has 0 saturated carbocycles. The van der Waals surface area contributed by atoms with E-state index in [1.54, 1.807) is 6.07 Å². The van der Waals surface area contributed by atoms with E-state index in [9.17, 15) is 16.8 Å². The fourth-order valence-electron chi connectivity index (χ4n) is 3.40. The Labute approximate surface area is 152 Å². The monoisotopic (exact) mass is 413 g/mol. The number of nitrogens with zero attached hydrogens (tertiary/aromatic N) is 1. The number of hydrogen-bond donors (Lipinski definition) is 1. The maximum absolute atomic E-state index is 12.8. The van der Waals surface area contributed by atoms with Gasteiger partial charge in [-0.2, -0.15) is 4.31 Å². The first kappa shape index (κ1) is 18.4. The minimum Gasteiger partial charge on any atom is -0.329 e. The maximum atomic E-state index is 12.8. The molecular formula is C14H19Cl2N2O4S2+. The van der Waals surface area contributed by atoms with Gasteiger partial charge in [-0.3, -0.25) is 0 Å². The molecule has 10 heteroatoms. The average molecular weight is 414 g/mol. The predicted octanol–water partition coefficient (Wildman–Crippen LogP) is 0.0697. The fraction of sp³-hybridized carbons (Fsp3) is 0.571. The van der Waals surface area contributed by atoms with Crippen LogP contribution < -0.4 is 4.90 Å². The molecule has 0 aliphatic carbocycles. The second-order valence-corrected chi connectivity index (χ2v) is 11.1. The first-order valence-corrected chi connectivity index (χ1v) is 11.7. The molecule has 3 rings (SSSR count). The number of benzene rings is 1. The van der Waals surface area contributed by atoms with Gasteiger partial charge in [0.15, 0.2) is 9.84 Å². The maximum Gasteiger partial charge on any atom is 0.246 e. The molecule has 0 aromatic heterocycles. The summed E-state index contributed by atoms with van der Waals surface area (Å²) < 4.78 is 50.2. The molecule has 2 saturated heterocycles. The molecule has 1 aromatic carbocycles. The zero-order valence-corrected chi connectivity index (χ0v) is 16.1. The molecule has 2 aliphatic heterocycles. The van der Waals surface area contributed by atoms with Crippen LogP contribution in [0.3, 0.4) is 0 Å². The van der Waals surface area contributed by atoms with Gasteiger partial charge in [0, 0.05) is 6.42 Å². The SMILES string of the molecule is O=S1(=O)CC[C@H]([NH+]2CCN(S(=O)(=O)c3c(Cl)cccc3Cl)CC2)C1. The Bertz CT molecular complexity index is 814. The summed E-state index contributed by atoms with van der Waals surface area (Å²) in [5.74, 6) is 0.434. The van der Waals surface area contributed by atoms with Crippen molar-refractivity contribution >= 4 is 43.1 Å². The Morgan fingerprint density at radius 2 is 1.71 bits per heavy atom. The summed E-state index contributed by atoms with van der Waals surface area (Å²) in [5.41, 5.74) is 0. The molecule has 2 aliphatic rings. The number of hydrogen-bond acceptors (Lipinski definition) is 4. The number of nitrogens with one attached hydrogen (secondary N) is 1. The Balaban J connectivity index is 1.72. The molecule has 1 atom stereocenters. The second-order valence-electron chi connectivity index (χ2n) is 6.21. The lowest BCUT2D eigenvalue weighted by atomic mass is 10.2. The van der Waals surface area contributed by atoms with E-state index >= 15 is 0 Å². The first-order valence-electron chi connectivity index (χ1n) is 7.70. The Kier molecular flexibility index (Phi) is 5.17. The molecule has 1 N–H and O–H groups in total. The highest BCUT2D eigenvalue weighted by Crippen LogP contribution is 2.31. The van der Waals surface area contributed by atoms with Crippen LogP contribution in [0.5, 0.6) is 0 Å². The fourth-order valence-corrected chi connectivity index (χ4v) is 7.76. The Hall–Kier alpha value is -0.380. The summed E-state index contributed by atoms with van der Waals surface area (Å²) in [6, 6.07) is 4.69. The van der Waals surface area contributed by atoms with E-state index in [-0.39, 0.29) is 32.5 Å². The highest BCUT2D eigenvalue weighted by Gasteiger charge is 2.39. The molecule has 2 fully saturated rings. The number of piperazine rings is 1. The van der Waals surface area contributed by atoms with Gasteiger partial charge in [0.25, 0.3) is 0 Å². The lowest BCUT2D eigenvalue weighted by molar-refractivity contribution is -0.925. The quantitative estimate of drug-likeness (QED) is 0.760. The standard InChI is InChI=1S/C14H18Cl2N2O4S2/c15-12-2-1-3-13(16)14(12)24(21,22)18-7-5-17(6-8-18)11-4-9-23(19,20)10-11/h1-3,11H,4-10H2/p+1/t11-/m0/s1. The van der Waals surface area contributed by atoms with Crippen molar-refractivity contribution in [3.05, 3.63) is 28.2 Å². The van der Waals surface area contributed by atoms with Gasteiger partial charge < -0.3 is 4.90 Å². The summed E-state index contributed by atoms with van der Waals surface area (Å²) in [6.07, 6.45) is 0.654. The van der Waals surface area contributed by atoms with E-state index in [0.717, 1.165) is 4.90 Å². The largest absolute Gasteiger partial charge is 0.329 e. The molecule has 0 unspecified atom stereocenters. The summed E-state index contributed by atoms with van der Waals surface area (Å²) in [7, 11) is -6.68. The third kappa shape index (κ3) is 3.59. The van der Waals surface area contributed by atoms with Crippen molar-refractivity contribution in [1.29, 1.82) is 0 Å². The zero-order chi connectivity index (χ0) is 17.5. The summed E-state index contributed by atoms with van der Waals surface area (Å²) in [6.45, 7) is 1.83. The molecule has 0 spiro atoms. The van der Waals surface area contributed by atoms with Gasteiger partial charge in [-0.1, -0.05) is 29.3 Å². The van der Waals surface area contributed by atoms with Crippen LogP contribution in [0.2, 0.25) is 10.0 Å². The van der Waals surface area contributed by atoms with Crippen LogP contribution in [0.15, 0.2) is 23.1 Å². The lowest BCUT2D eigenvalue weighted by Gasteiger charge is -2.34. The average Bonchev–Trinajstić information content (AvgIpc) is 2.87. The molecular weight excluding hydrogens is 395 g/mol. The van der Waals surface area contributed by atoms with Gasteiger partial charge in [-0.05, 0) is 12.1 Å². The molecule has 1 aromatic rings. The van der Waals surface area contributed by atoms with Gasteiger partial charge >= 0.3 is 0 Å². The number of sulfonamides is 1. The third-order valence-corrected chi connectivity index (χ3v) is 9.31. The minimum atomic E-state index is -3.76. The summed E-state index contributed by atoms with van der Waals surface area (Å²) in [4.78, 5) is 1.10. The van der Waals surface area contributed by atoms with Crippen LogP contribution in [0.4, 0.5) is 0 Å². The van der Waals surface area contributed by atoms with Gasteiger partial charge in [0.05, 0.1) is 42.0 Å². The van der Waals surface area contributed by atoms with Crippen molar-refractivity contribution < 1.29 is 21.7 Å². The Morgan fingerprint density at radius 1 is 1.12 bits per heavy atom. The topological polar surface area (TPSA) is 76.0 Å². The van der Waals surface area contributed by atoms with Crippen molar-refractivity contribution in [3.63, 3.8) is 0 Å². The van der Waals surface area contributed by atoms with E-state index in [2.05, 4.69) is 0 Å². The summed E-state index contributed by atoms with van der Waals surface area (Å²) >= 11 is 12.1. The number of sulfone groups is 1. The van der Waals surface area contributed by atoms with Crippen molar-refractivity contribution in [2.75, 3.05) is 37.7 Å². The van der Waals surface area contributed by atoms with E-state index in [1.807, 2.05) is 0 Å². The highest BCUT2D eigenvalue weighted by atomic mass is 35.5. The zero-order valence-electron chi connectivity index (χ0n) is 12.9.